The number of aldehydes is 1. The van der Waals surface area contributed by atoms with Gasteiger partial charge in [-0.3, -0.25) is 0 Å². The van der Waals surface area contributed by atoms with E-state index in [2.05, 4.69) is 0 Å². The van der Waals surface area contributed by atoms with Gasteiger partial charge in [-0.25, -0.2) is 0 Å². The van der Waals surface area contributed by atoms with Crippen molar-refractivity contribution in [2.45, 2.75) is 24.7 Å². The fraction of sp³-hybridized carbons (Fsp3) is 0.833. The molecule has 0 aromatic heterocycles. The molecule has 1 aliphatic heterocycles. The molecule has 0 unspecified atom stereocenters. The average Bonchev–Trinajstić information content (AvgIpc) is 2.30. The summed E-state index contributed by atoms with van der Waals surface area (Å²) in [5, 5.41) is 17.6. The zero-order valence-electron chi connectivity index (χ0n) is 5.43. The Balaban J connectivity index is 2.43. The van der Waals surface area contributed by atoms with E-state index in [4.69, 9.17) is 14.9 Å². The second-order valence-electron chi connectivity index (χ2n) is 2.33. The van der Waals surface area contributed by atoms with Crippen molar-refractivity contribution in [1.29, 1.82) is 0 Å². The lowest BCUT2D eigenvalue weighted by atomic mass is 10.1. The molecule has 1 saturated heterocycles. The molecule has 58 valence electrons. The summed E-state index contributed by atoms with van der Waals surface area (Å²) in [6.07, 6.45) is -0.865. The van der Waals surface area contributed by atoms with Gasteiger partial charge in [0.05, 0.1) is 12.7 Å². The number of aliphatic hydroxyl groups is 2. The minimum Gasteiger partial charge on any atom is -0.394 e. The summed E-state index contributed by atoms with van der Waals surface area (Å²) >= 11 is 0. The van der Waals surface area contributed by atoms with Crippen LogP contribution in [0.5, 0.6) is 0 Å². The largest absolute Gasteiger partial charge is 0.394 e. The minimum absolute atomic E-state index is 0.231. The van der Waals surface area contributed by atoms with Crippen LogP contribution in [0.3, 0.4) is 0 Å². The van der Waals surface area contributed by atoms with E-state index in [1.807, 2.05) is 0 Å². The molecule has 0 radical (unpaired) electrons. The van der Waals surface area contributed by atoms with Crippen molar-refractivity contribution in [1.82, 2.24) is 0 Å². The van der Waals surface area contributed by atoms with Crippen LogP contribution < -0.4 is 0 Å². The Morgan fingerprint density at radius 2 is 2.40 bits per heavy atom. The first-order valence-corrected chi connectivity index (χ1v) is 3.17. The highest BCUT2D eigenvalue weighted by Gasteiger charge is 2.32. The van der Waals surface area contributed by atoms with Crippen LogP contribution in [0.4, 0.5) is 0 Å². The van der Waals surface area contributed by atoms with Crippen molar-refractivity contribution >= 4 is 6.29 Å². The number of aliphatic hydroxyl groups excluding tert-OH is 2. The van der Waals surface area contributed by atoms with Crippen LogP contribution >= 0.6 is 0 Å². The summed E-state index contributed by atoms with van der Waals surface area (Å²) in [4.78, 5) is 10.1. The molecule has 0 aromatic rings. The van der Waals surface area contributed by atoms with Gasteiger partial charge in [0.25, 0.3) is 0 Å². The second kappa shape index (κ2) is 3.09. The van der Waals surface area contributed by atoms with Gasteiger partial charge in [0.2, 0.25) is 0 Å². The molecule has 4 nitrogen and oxygen atoms in total. The number of ether oxygens (including phenoxy) is 1. The molecule has 4 heteroatoms. The fourth-order valence-corrected chi connectivity index (χ4v) is 1.01. The zero-order valence-corrected chi connectivity index (χ0v) is 5.43. The van der Waals surface area contributed by atoms with Gasteiger partial charge in [-0.05, 0) is 0 Å². The lowest BCUT2D eigenvalue weighted by Crippen LogP contribution is -2.24. The lowest BCUT2D eigenvalue weighted by Gasteiger charge is -2.08. The zero-order chi connectivity index (χ0) is 7.56. The number of carbonyl (C=O) groups is 1. The average molecular weight is 146 g/mol. The van der Waals surface area contributed by atoms with Crippen molar-refractivity contribution < 1.29 is 19.7 Å². The van der Waals surface area contributed by atoms with Gasteiger partial charge in [-0.15, -0.1) is 0 Å². The standard InChI is InChI=1S/C6H10O4/c7-2-4-1-5(9)6(3-8)10-4/h2,4-6,8-9H,1,3H2/t4-,5-,6-/m1/s1. The molecule has 10 heavy (non-hydrogen) atoms. The number of hydrogen-bond acceptors (Lipinski definition) is 4. The van der Waals surface area contributed by atoms with E-state index < -0.39 is 18.3 Å². The Morgan fingerprint density at radius 3 is 2.70 bits per heavy atom. The van der Waals surface area contributed by atoms with Gasteiger partial charge >= 0.3 is 0 Å². The third-order valence-electron chi connectivity index (χ3n) is 1.58. The minimum atomic E-state index is -0.694. The van der Waals surface area contributed by atoms with Crippen LogP contribution in [0.15, 0.2) is 0 Å². The van der Waals surface area contributed by atoms with E-state index in [0.717, 1.165) is 0 Å². The quantitative estimate of drug-likeness (QED) is 0.475. The highest BCUT2D eigenvalue weighted by molar-refractivity contribution is 5.56. The Kier molecular flexibility index (Phi) is 2.37. The van der Waals surface area contributed by atoms with Gasteiger partial charge in [0, 0.05) is 6.42 Å². The molecule has 0 amide bonds. The summed E-state index contributed by atoms with van der Waals surface area (Å²) in [6.45, 7) is -0.231. The fourth-order valence-electron chi connectivity index (χ4n) is 1.01. The first-order chi connectivity index (χ1) is 4.77. The maximum absolute atomic E-state index is 10.1. The molecule has 1 aliphatic rings. The molecule has 1 rings (SSSR count). The molecule has 2 N–H and O–H groups in total. The number of rotatable bonds is 2. The van der Waals surface area contributed by atoms with E-state index in [1.165, 1.54) is 0 Å². The molecule has 0 spiro atoms. The van der Waals surface area contributed by atoms with Gasteiger partial charge < -0.3 is 19.7 Å². The molecule has 0 aliphatic carbocycles. The van der Waals surface area contributed by atoms with Gasteiger partial charge in [0.15, 0.2) is 0 Å². The highest BCUT2D eigenvalue weighted by Crippen LogP contribution is 2.17. The van der Waals surface area contributed by atoms with E-state index in [1.54, 1.807) is 0 Å². The molecule has 0 bridgehead atoms. The van der Waals surface area contributed by atoms with Crippen molar-refractivity contribution in [3.05, 3.63) is 0 Å². The van der Waals surface area contributed by atoms with Gasteiger partial charge in [0.1, 0.15) is 18.5 Å². The Labute approximate surface area is 58.4 Å². The summed E-state index contributed by atoms with van der Waals surface area (Å²) in [7, 11) is 0. The topological polar surface area (TPSA) is 66.8 Å². The molecule has 3 atom stereocenters. The molecule has 1 heterocycles. The summed E-state index contributed by atoms with van der Waals surface area (Å²) < 4.78 is 4.90. The van der Waals surface area contributed by atoms with Crippen LogP contribution in [-0.4, -0.2) is 41.4 Å². The maximum atomic E-state index is 10.1. The highest BCUT2D eigenvalue weighted by atomic mass is 16.5. The van der Waals surface area contributed by atoms with Gasteiger partial charge in [-0.2, -0.15) is 0 Å². The second-order valence-corrected chi connectivity index (χ2v) is 2.33. The molecule has 0 aromatic carbocycles. The van der Waals surface area contributed by atoms with Crippen LogP contribution in [0.25, 0.3) is 0 Å². The van der Waals surface area contributed by atoms with Gasteiger partial charge in [-0.1, -0.05) is 0 Å². The van der Waals surface area contributed by atoms with Crippen LogP contribution in [0, 0.1) is 0 Å². The predicted octanol–water partition coefficient (Wildman–Crippen LogP) is -1.30. The third kappa shape index (κ3) is 1.34. The van der Waals surface area contributed by atoms with Crippen LogP contribution in [0.1, 0.15) is 6.42 Å². The Hall–Kier alpha value is -0.450. The van der Waals surface area contributed by atoms with E-state index >= 15 is 0 Å². The van der Waals surface area contributed by atoms with Crippen molar-refractivity contribution in [3.8, 4) is 0 Å². The molecule has 0 saturated carbocycles. The number of carbonyl (C=O) groups excluding carboxylic acids is 1. The smallest absolute Gasteiger partial charge is 0.148 e. The van der Waals surface area contributed by atoms with E-state index in [-0.39, 0.29) is 6.61 Å². The Morgan fingerprint density at radius 1 is 1.70 bits per heavy atom. The van der Waals surface area contributed by atoms with Crippen LogP contribution in [-0.2, 0) is 9.53 Å². The summed E-state index contributed by atoms with van der Waals surface area (Å²) in [5.41, 5.74) is 0. The molecule has 1 fully saturated rings. The predicted molar refractivity (Wildman–Crippen MR) is 32.4 cm³/mol. The molecular formula is C6H10O4. The number of hydrogen-bond donors (Lipinski definition) is 2. The first-order valence-electron chi connectivity index (χ1n) is 3.17. The van der Waals surface area contributed by atoms with E-state index in [0.29, 0.717) is 12.7 Å². The Bertz CT molecular complexity index is 125. The maximum Gasteiger partial charge on any atom is 0.148 e. The first kappa shape index (κ1) is 7.65. The van der Waals surface area contributed by atoms with Crippen molar-refractivity contribution in [3.63, 3.8) is 0 Å². The SMILES string of the molecule is O=C[C@H]1C[C@@H](O)[C@@H](CO)O1. The van der Waals surface area contributed by atoms with Crippen molar-refractivity contribution in [2.24, 2.45) is 0 Å². The third-order valence-corrected chi connectivity index (χ3v) is 1.58. The lowest BCUT2D eigenvalue weighted by molar-refractivity contribution is -0.118. The molecular weight excluding hydrogens is 136 g/mol. The normalized spacial score (nSPS) is 40.0. The summed E-state index contributed by atoms with van der Waals surface area (Å²) in [6, 6.07) is 0. The van der Waals surface area contributed by atoms with Crippen LogP contribution in [0.2, 0.25) is 0 Å². The van der Waals surface area contributed by atoms with Crippen molar-refractivity contribution in [2.75, 3.05) is 6.61 Å². The summed E-state index contributed by atoms with van der Waals surface area (Å²) in [5.74, 6) is 0. The monoisotopic (exact) mass is 146 g/mol. The van der Waals surface area contributed by atoms with E-state index in [9.17, 15) is 4.79 Å².